The van der Waals surface area contributed by atoms with E-state index in [1.807, 2.05) is 0 Å². The monoisotopic (exact) mass is 324 g/mol. The third-order valence-corrected chi connectivity index (χ3v) is 3.36. The Morgan fingerprint density at radius 2 is 1.43 bits per heavy atom. The summed E-state index contributed by atoms with van der Waals surface area (Å²) < 4.78 is 9.81. The normalized spacial score (nSPS) is 10.0. The van der Waals surface area contributed by atoms with Gasteiger partial charge in [-0.25, -0.2) is 9.59 Å². The molecule has 0 radical (unpaired) electrons. The Hall–Kier alpha value is -2.04. The lowest BCUT2D eigenvalue weighted by molar-refractivity contribution is 0.0587. The van der Waals surface area contributed by atoms with Gasteiger partial charge >= 0.3 is 11.9 Å². The summed E-state index contributed by atoms with van der Waals surface area (Å²) >= 11 is 11.7. The van der Waals surface area contributed by atoms with Gasteiger partial charge in [-0.3, -0.25) is 0 Å². The van der Waals surface area contributed by atoms with Crippen LogP contribution in [-0.2, 0) is 4.74 Å². The van der Waals surface area contributed by atoms with E-state index in [2.05, 4.69) is 4.74 Å². The molecule has 4 nitrogen and oxygen atoms in total. The van der Waals surface area contributed by atoms with Crippen molar-refractivity contribution in [1.29, 1.82) is 0 Å². The predicted octanol–water partition coefficient (Wildman–Crippen LogP) is 4.00. The van der Waals surface area contributed by atoms with Crippen LogP contribution in [0.25, 0.3) is 0 Å². The molecule has 21 heavy (non-hydrogen) atoms. The Morgan fingerprint density at radius 3 is 1.95 bits per heavy atom. The van der Waals surface area contributed by atoms with Gasteiger partial charge in [0.1, 0.15) is 5.75 Å². The van der Waals surface area contributed by atoms with Crippen LogP contribution in [0.15, 0.2) is 42.5 Å². The minimum Gasteiger partial charge on any atom is -0.465 e. The molecule has 0 saturated carbocycles. The topological polar surface area (TPSA) is 52.6 Å². The van der Waals surface area contributed by atoms with Crippen molar-refractivity contribution in [2.75, 3.05) is 7.11 Å². The quantitative estimate of drug-likeness (QED) is 0.632. The zero-order valence-electron chi connectivity index (χ0n) is 10.9. The minimum atomic E-state index is -0.722. The molecular weight excluding hydrogens is 315 g/mol. The Bertz CT molecular complexity index is 684. The molecule has 6 heteroatoms. The van der Waals surface area contributed by atoms with Crippen LogP contribution in [-0.4, -0.2) is 19.0 Å². The van der Waals surface area contributed by atoms with Crippen LogP contribution in [0.4, 0.5) is 0 Å². The third kappa shape index (κ3) is 3.54. The number of carbonyl (C=O) groups excluding carboxylic acids is 2. The molecule has 0 bridgehead atoms. The highest BCUT2D eigenvalue weighted by atomic mass is 35.5. The maximum Gasteiger partial charge on any atom is 0.344 e. The van der Waals surface area contributed by atoms with Gasteiger partial charge < -0.3 is 9.47 Å². The molecule has 0 atom stereocenters. The summed E-state index contributed by atoms with van der Waals surface area (Å²) in [6, 6.07) is 11.0. The van der Waals surface area contributed by atoms with Gasteiger partial charge in [0.05, 0.1) is 28.3 Å². The van der Waals surface area contributed by atoms with E-state index in [-0.39, 0.29) is 21.2 Å². The molecule has 2 rings (SSSR count). The van der Waals surface area contributed by atoms with E-state index < -0.39 is 11.9 Å². The first-order valence-corrected chi connectivity index (χ1v) is 6.63. The fourth-order valence-corrected chi connectivity index (χ4v) is 1.97. The summed E-state index contributed by atoms with van der Waals surface area (Å²) in [5.41, 5.74) is -0.0204. The number of esters is 2. The molecule has 108 valence electrons. The summed E-state index contributed by atoms with van der Waals surface area (Å²) in [5.74, 6) is -1.07. The van der Waals surface area contributed by atoms with Crippen molar-refractivity contribution in [2.24, 2.45) is 0 Å². The fraction of sp³-hybridized carbons (Fsp3) is 0.0667. The number of carbonyl (C=O) groups is 2. The van der Waals surface area contributed by atoms with Crippen molar-refractivity contribution in [1.82, 2.24) is 0 Å². The molecule has 0 amide bonds. The van der Waals surface area contributed by atoms with Crippen LogP contribution in [0.1, 0.15) is 20.7 Å². The average Bonchev–Trinajstić information content (AvgIpc) is 2.49. The van der Waals surface area contributed by atoms with Crippen molar-refractivity contribution in [3.8, 4) is 5.75 Å². The highest BCUT2D eigenvalue weighted by Crippen LogP contribution is 2.27. The summed E-state index contributed by atoms with van der Waals surface area (Å²) in [4.78, 5) is 23.9. The van der Waals surface area contributed by atoms with Crippen LogP contribution in [0.3, 0.4) is 0 Å². The second kappa shape index (κ2) is 6.61. The van der Waals surface area contributed by atoms with Gasteiger partial charge in [0.25, 0.3) is 0 Å². The van der Waals surface area contributed by atoms with Crippen molar-refractivity contribution in [3.63, 3.8) is 0 Å². The predicted molar refractivity (Wildman–Crippen MR) is 79.2 cm³/mol. The van der Waals surface area contributed by atoms with Crippen molar-refractivity contribution in [3.05, 3.63) is 63.6 Å². The lowest BCUT2D eigenvalue weighted by Crippen LogP contribution is -2.15. The Labute approximate surface area is 131 Å². The first-order chi connectivity index (χ1) is 10.0. The molecule has 2 aromatic rings. The summed E-state index contributed by atoms with van der Waals surface area (Å²) in [7, 11) is 1.21. The first-order valence-electron chi connectivity index (χ1n) is 5.87. The maximum atomic E-state index is 12.2. The van der Waals surface area contributed by atoms with Crippen LogP contribution in [0, 0.1) is 0 Å². The van der Waals surface area contributed by atoms with E-state index in [1.165, 1.54) is 19.2 Å². The molecule has 0 aliphatic carbocycles. The van der Waals surface area contributed by atoms with Crippen LogP contribution >= 0.6 is 23.2 Å². The smallest absolute Gasteiger partial charge is 0.344 e. The molecule has 0 aliphatic rings. The molecule has 0 unspecified atom stereocenters. The van der Waals surface area contributed by atoms with E-state index in [1.54, 1.807) is 30.3 Å². The number of benzene rings is 2. The summed E-state index contributed by atoms with van der Waals surface area (Å²) in [5, 5.41) is 0.289. The molecule has 2 aromatic carbocycles. The van der Waals surface area contributed by atoms with Gasteiger partial charge in [0.15, 0.2) is 0 Å². The summed E-state index contributed by atoms with van der Waals surface area (Å²) in [6.07, 6.45) is 0. The van der Waals surface area contributed by atoms with E-state index in [4.69, 9.17) is 27.9 Å². The first kappa shape index (κ1) is 15.4. The van der Waals surface area contributed by atoms with E-state index in [0.29, 0.717) is 5.75 Å². The van der Waals surface area contributed by atoms with E-state index in [0.717, 1.165) is 0 Å². The SMILES string of the molecule is COC(=O)c1cc(Cl)c(Cl)cc1C(=O)Oc1ccccc1. The number of rotatable bonds is 3. The Balaban J connectivity index is 2.40. The molecule has 0 aromatic heterocycles. The number of ether oxygens (including phenoxy) is 2. The van der Waals surface area contributed by atoms with E-state index >= 15 is 0 Å². The van der Waals surface area contributed by atoms with Gasteiger partial charge in [-0.05, 0) is 24.3 Å². The minimum absolute atomic E-state index is 0.00664. The van der Waals surface area contributed by atoms with E-state index in [9.17, 15) is 9.59 Å². The second-order valence-electron chi connectivity index (χ2n) is 4.01. The van der Waals surface area contributed by atoms with Crippen molar-refractivity contribution >= 4 is 35.1 Å². The average molecular weight is 325 g/mol. The maximum absolute atomic E-state index is 12.2. The molecule has 0 spiro atoms. The number of hydrogen-bond donors (Lipinski definition) is 0. The van der Waals surface area contributed by atoms with Gasteiger partial charge in [0, 0.05) is 0 Å². The number of halogens is 2. The van der Waals surface area contributed by atoms with Gasteiger partial charge in [0.2, 0.25) is 0 Å². The number of methoxy groups -OCH3 is 1. The second-order valence-corrected chi connectivity index (χ2v) is 4.82. The standard InChI is InChI=1S/C15H10Cl2O4/c1-20-14(18)10-7-12(16)13(17)8-11(10)15(19)21-9-5-3-2-4-6-9/h2-8H,1H3. The third-order valence-electron chi connectivity index (χ3n) is 2.64. The van der Waals surface area contributed by atoms with Gasteiger partial charge in [-0.15, -0.1) is 0 Å². The fourth-order valence-electron chi connectivity index (χ4n) is 1.65. The molecular formula is C15H10Cl2O4. The molecule has 0 aliphatic heterocycles. The molecule has 0 saturated heterocycles. The highest BCUT2D eigenvalue weighted by molar-refractivity contribution is 6.42. The molecule has 0 heterocycles. The zero-order chi connectivity index (χ0) is 15.4. The van der Waals surface area contributed by atoms with Crippen molar-refractivity contribution < 1.29 is 19.1 Å². The van der Waals surface area contributed by atoms with Gasteiger partial charge in [-0.1, -0.05) is 41.4 Å². The van der Waals surface area contributed by atoms with Gasteiger partial charge in [-0.2, -0.15) is 0 Å². The van der Waals surface area contributed by atoms with Crippen molar-refractivity contribution in [2.45, 2.75) is 0 Å². The lowest BCUT2D eigenvalue weighted by Gasteiger charge is -2.09. The summed E-state index contributed by atoms with van der Waals surface area (Å²) in [6.45, 7) is 0. The zero-order valence-corrected chi connectivity index (χ0v) is 12.4. The lowest BCUT2D eigenvalue weighted by atomic mass is 10.1. The van der Waals surface area contributed by atoms with Crippen LogP contribution < -0.4 is 4.74 Å². The van der Waals surface area contributed by atoms with Crippen LogP contribution in [0.5, 0.6) is 5.75 Å². The van der Waals surface area contributed by atoms with Crippen LogP contribution in [0.2, 0.25) is 10.0 Å². The molecule has 0 fully saturated rings. The number of para-hydroxylation sites is 1. The largest absolute Gasteiger partial charge is 0.465 e. The highest BCUT2D eigenvalue weighted by Gasteiger charge is 2.21. The Kier molecular flexibility index (Phi) is 4.83. The number of hydrogen-bond acceptors (Lipinski definition) is 4. The molecule has 0 N–H and O–H groups in total. The Morgan fingerprint density at radius 1 is 0.905 bits per heavy atom.